The molecule has 0 bridgehead atoms. The van der Waals surface area contributed by atoms with Gasteiger partial charge >= 0.3 is 0 Å². The fraction of sp³-hybridized carbons (Fsp3) is 0.310. The van der Waals surface area contributed by atoms with Crippen LogP contribution in [0.3, 0.4) is 0 Å². The summed E-state index contributed by atoms with van der Waals surface area (Å²) in [6, 6.07) is 20.5. The molecule has 0 spiro atoms. The fourth-order valence-corrected chi connectivity index (χ4v) is 4.95. The van der Waals surface area contributed by atoms with Crippen molar-refractivity contribution >= 4 is 11.1 Å². The highest BCUT2D eigenvalue weighted by molar-refractivity contribution is 5.95. The summed E-state index contributed by atoms with van der Waals surface area (Å²) in [6.07, 6.45) is 0.923. The molecule has 3 aromatic carbocycles. The molecule has 0 aromatic heterocycles. The summed E-state index contributed by atoms with van der Waals surface area (Å²) >= 11 is 0. The van der Waals surface area contributed by atoms with E-state index in [0.29, 0.717) is 12.4 Å². The van der Waals surface area contributed by atoms with Gasteiger partial charge in [-0.15, -0.1) is 0 Å². The van der Waals surface area contributed by atoms with Crippen LogP contribution in [0.4, 0.5) is 0 Å². The first-order chi connectivity index (χ1) is 16.5. The monoisotopic (exact) mass is 457 g/mol. The molecule has 2 aliphatic heterocycles. The van der Waals surface area contributed by atoms with E-state index in [1.54, 1.807) is 24.3 Å². The normalized spacial score (nSPS) is 20.2. The average Bonchev–Trinajstić information content (AvgIpc) is 3.25. The van der Waals surface area contributed by atoms with Gasteiger partial charge in [-0.2, -0.15) is 0 Å². The van der Waals surface area contributed by atoms with Crippen LogP contribution in [0.2, 0.25) is 0 Å². The molecule has 5 nitrogen and oxygen atoms in total. The molecule has 1 fully saturated rings. The first-order valence-electron chi connectivity index (χ1n) is 11.9. The average molecular weight is 458 g/mol. The zero-order chi connectivity index (χ0) is 23.7. The standard InChI is InChI=1S/C29H31NO4/c1-19-13-14-30(18-19)15-16-33-25-10-5-22(6-11-25)29-28(21-3-7-23(31)8-4-21)20(2)26-12-9-24(32)17-27(26)34-29/h3-12,17,19,29,31-32H,13-16,18H2,1-2H3/t19-,29?/m0/s1. The lowest BCUT2D eigenvalue weighted by Gasteiger charge is -2.31. The van der Waals surface area contributed by atoms with Crippen LogP contribution in [0.1, 0.15) is 43.1 Å². The third kappa shape index (κ3) is 4.62. The zero-order valence-corrected chi connectivity index (χ0v) is 19.7. The van der Waals surface area contributed by atoms with Gasteiger partial charge in [0, 0.05) is 30.3 Å². The van der Waals surface area contributed by atoms with Crippen LogP contribution >= 0.6 is 0 Å². The Bertz CT molecular complexity index is 1180. The molecular formula is C29H31NO4. The Morgan fingerprint density at radius 3 is 2.41 bits per heavy atom. The maximum atomic E-state index is 10.0. The first-order valence-corrected chi connectivity index (χ1v) is 11.9. The maximum Gasteiger partial charge on any atom is 0.150 e. The van der Waals surface area contributed by atoms with Crippen LogP contribution in [0.15, 0.2) is 66.7 Å². The number of phenols is 2. The predicted octanol–water partition coefficient (Wildman–Crippen LogP) is 5.88. The number of allylic oxidation sites excluding steroid dienone is 1. The molecule has 2 heterocycles. The summed E-state index contributed by atoms with van der Waals surface area (Å²) in [5.41, 5.74) is 5.05. The second kappa shape index (κ2) is 9.43. The lowest BCUT2D eigenvalue weighted by Crippen LogP contribution is -2.25. The second-order valence-corrected chi connectivity index (χ2v) is 9.38. The molecule has 2 aliphatic rings. The van der Waals surface area contributed by atoms with E-state index in [1.165, 1.54) is 6.42 Å². The van der Waals surface area contributed by atoms with Gasteiger partial charge in [-0.25, -0.2) is 0 Å². The van der Waals surface area contributed by atoms with E-state index in [4.69, 9.17) is 9.47 Å². The van der Waals surface area contributed by atoms with Crippen molar-refractivity contribution in [2.75, 3.05) is 26.2 Å². The van der Waals surface area contributed by atoms with Crippen molar-refractivity contribution < 1.29 is 19.7 Å². The molecule has 5 heteroatoms. The molecule has 0 radical (unpaired) electrons. The number of ether oxygens (including phenoxy) is 2. The van der Waals surface area contributed by atoms with Crippen LogP contribution in [0, 0.1) is 5.92 Å². The number of phenolic OH excluding ortho intramolecular Hbond substituents is 2. The van der Waals surface area contributed by atoms with Crippen LogP contribution < -0.4 is 9.47 Å². The van der Waals surface area contributed by atoms with E-state index in [-0.39, 0.29) is 17.6 Å². The Balaban J connectivity index is 1.39. The van der Waals surface area contributed by atoms with Crippen molar-refractivity contribution in [3.63, 3.8) is 0 Å². The smallest absolute Gasteiger partial charge is 0.150 e. The molecule has 1 saturated heterocycles. The summed E-state index contributed by atoms with van der Waals surface area (Å²) < 4.78 is 12.4. The molecule has 2 N–H and O–H groups in total. The largest absolute Gasteiger partial charge is 0.508 e. The van der Waals surface area contributed by atoms with Gasteiger partial charge in [0.25, 0.3) is 0 Å². The first kappa shape index (κ1) is 22.4. The van der Waals surface area contributed by atoms with Crippen molar-refractivity contribution in [3.8, 4) is 23.0 Å². The maximum absolute atomic E-state index is 10.0. The number of rotatable bonds is 6. The Morgan fingerprint density at radius 2 is 1.71 bits per heavy atom. The minimum atomic E-state index is -0.348. The molecule has 5 rings (SSSR count). The molecule has 0 amide bonds. The highest BCUT2D eigenvalue weighted by atomic mass is 16.5. The number of benzene rings is 3. The van der Waals surface area contributed by atoms with Gasteiger partial charge in [-0.1, -0.05) is 31.2 Å². The van der Waals surface area contributed by atoms with Gasteiger partial charge in [-0.05, 0) is 78.9 Å². The van der Waals surface area contributed by atoms with E-state index < -0.39 is 0 Å². The van der Waals surface area contributed by atoms with E-state index in [9.17, 15) is 10.2 Å². The number of hydrogen-bond donors (Lipinski definition) is 2. The SMILES string of the molecule is CC1=C(c2ccc(O)cc2)C(c2ccc(OCCN3CC[C@H](C)C3)cc2)Oc2cc(O)ccc21. The molecule has 1 unspecified atom stereocenters. The lowest BCUT2D eigenvalue weighted by atomic mass is 9.86. The minimum Gasteiger partial charge on any atom is -0.508 e. The molecule has 176 valence electrons. The summed E-state index contributed by atoms with van der Waals surface area (Å²) in [5.74, 6) is 2.68. The lowest BCUT2D eigenvalue weighted by molar-refractivity contribution is 0.233. The van der Waals surface area contributed by atoms with Crippen LogP contribution in [0.5, 0.6) is 23.0 Å². The van der Waals surface area contributed by atoms with Crippen LogP contribution in [-0.4, -0.2) is 41.4 Å². The molecule has 2 atom stereocenters. The summed E-state index contributed by atoms with van der Waals surface area (Å²) in [4.78, 5) is 2.46. The second-order valence-electron chi connectivity index (χ2n) is 9.38. The molecular weight excluding hydrogens is 426 g/mol. The van der Waals surface area contributed by atoms with E-state index in [2.05, 4.69) is 18.7 Å². The Labute approximate surface area is 200 Å². The Hall–Kier alpha value is -3.44. The zero-order valence-electron chi connectivity index (χ0n) is 19.7. The summed E-state index contributed by atoms with van der Waals surface area (Å²) in [5, 5.41) is 19.8. The number of hydrogen-bond acceptors (Lipinski definition) is 5. The Kier molecular flexibility index (Phi) is 6.20. The van der Waals surface area contributed by atoms with Crippen LogP contribution in [-0.2, 0) is 0 Å². The van der Waals surface area contributed by atoms with E-state index >= 15 is 0 Å². The van der Waals surface area contributed by atoms with Gasteiger partial charge in [0.1, 0.15) is 35.7 Å². The van der Waals surface area contributed by atoms with Crippen molar-refractivity contribution in [1.29, 1.82) is 0 Å². The number of likely N-dealkylation sites (tertiary alicyclic amines) is 1. The van der Waals surface area contributed by atoms with Gasteiger partial charge in [0.15, 0.2) is 0 Å². The highest BCUT2D eigenvalue weighted by Crippen LogP contribution is 2.47. The summed E-state index contributed by atoms with van der Waals surface area (Å²) in [7, 11) is 0. The Morgan fingerprint density at radius 1 is 0.971 bits per heavy atom. The van der Waals surface area contributed by atoms with Gasteiger partial charge in [0.2, 0.25) is 0 Å². The van der Waals surface area contributed by atoms with Crippen molar-refractivity contribution in [2.45, 2.75) is 26.4 Å². The van der Waals surface area contributed by atoms with E-state index in [1.807, 2.05) is 42.5 Å². The molecule has 3 aromatic rings. The molecule has 0 aliphatic carbocycles. The van der Waals surface area contributed by atoms with Gasteiger partial charge in [-0.3, -0.25) is 4.90 Å². The molecule has 34 heavy (non-hydrogen) atoms. The van der Waals surface area contributed by atoms with Gasteiger partial charge in [0.05, 0.1) is 0 Å². The highest BCUT2D eigenvalue weighted by Gasteiger charge is 2.29. The minimum absolute atomic E-state index is 0.175. The topological polar surface area (TPSA) is 62.2 Å². The fourth-order valence-electron chi connectivity index (χ4n) is 4.95. The van der Waals surface area contributed by atoms with Crippen LogP contribution in [0.25, 0.3) is 11.1 Å². The third-order valence-corrected chi connectivity index (χ3v) is 6.83. The van der Waals surface area contributed by atoms with Crippen molar-refractivity contribution in [3.05, 3.63) is 83.4 Å². The number of nitrogens with zero attached hydrogens (tertiary/aromatic N) is 1. The number of aromatic hydroxyl groups is 2. The van der Waals surface area contributed by atoms with Crippen molar-refractivity contribution in [1.82, 2.24) is 4.90 Å². The third-order valence-electron chi connectivity index (χ3n) is 6.83. The van der Waals surface area contributed by atoms with E-state index in [0.717, 1.165) is 59.1 Å². The summed E-state index contributed by atoms with van der Waals surface area (Å²) in [6.45, 7) is 8.32. The number of fused-ring (bicyclic) bond motifs is 1. The van der Waals surface area contributed by atoms with Gasteiger partial charge < -0.3 is 19.7 Å². The van der Waals surface area contributed by atoms with Crippen molar-refractivity contribution in [2.24, 2.45) is 5.92 Å². The quantitative estimate of drug-likeness (QED) is 0.484. The molecule has 0 saturated carbocycles. The predicted molar refractivity (Wildman–Crippen MR) is 134 cm³/mol.